The number of rotatable bonds is 8. The fraction of sp³-hybridized carbons (Fsp3) is 1.00. The molecule has 0 aliphatic carbocycles. The molecule has 0 N–H and O–H groups in total. The number of hydrogen-bond donors (Lipinski definition) is 0. The number of alkyl halides is 20. The smallest absolute Gasteiger partial charge is 0.334 e. The summed E-state index contributed by atoms with van der Waals surface area (Å²) in [5.74, 6) is -29.7. The summed E-state index contributed by atoms with van der Waals surface area (Å²) in [6, 6.07) is 0. The molecule has 194 valence electrons. The molecule has 0 bridgehead atoms. The Morgan fingerprint density at radius 2 is 0.906 bits per heavy atom. The summed E-state index contributed by atoms with van der Waals surface area (Å²) >= 11 is 0. The second-order valence-electron chi connectivity index (χ2n) is 5.69. The minimum absolute atomic E-state index is 1.98. The Morgan fingerprint density at radius 3 is 1.16 bits per heavy atom. The Kier molecular flexibility index (Phi) is 7.74. The van der Waals surface area contributed by atoms with Gasteiger partial charge in [0.05, 0.1) is 0 Å². The van der Waals surface area contributed by atoms with Crippen LogP contribution >= 0.6 is 0 Å². The average Bonchev–Trinajstić information content (AvgIpc) is 2.54. The molecule has 0 aromatic carbocycles. The summed E-state index contributed by atoms with van der Waals surface area (Å²) in [5, 5.41) is 0. The Balaban J connectivity index is 6.75. The molecule has 21 heteroatoms. The lowest BCUT2D eigenvalue weighted by molar-refractivity contribution is -0.449. The predicted octanol–water partition coefficient (Wildman–Crippen LogP) is 6.57. The van der Waals surface area contributed by atoms with E-state index in [1.165, 1.54) is 0 Å². The lowest BCUT2D eigenvalue weighted by Crippen LogP contribution is -2.73. The van der Waals surface area contributed by atoms with Crippen molar-refractivity contribution in [3.63, 3.8) is 0 Å². The Labute approximate surface area is 161 Å². The van der Waals surface area contributed by atoms with Gasteiger partial charge in [-0.1, -0.05) is 0 Å². The molecule has 0 saturated heterocycles. The van der Waals surface area contributed by atoms with E-state index >= 15 is 0 Å². The van der Waals surface area contributed by atoms with Crippen LogP contribution in [0.15, 0.2) is 0 Å². The van der Waals surface area contributed by atoms with Crippen molar-refractivity contribution >= 4 is 0 Å². The van der Waals surface area contributed by atoms with Crippen LogP contribution in [0.3, 0.4) is 0 Å². The third-order valence-electron chi connectivity index (χ3n) is 3.48. The van der Waals surface area contributed by atoms with Crippen LogP contribution in [0.5, 0.6) is 0 Å². The monoisotopic (exact) mass is 532 g/mol. The summed E-state index contributed by atoms with van der Waals surface area (Å²) in [4.78, 5) is 0. The van der Waals surface area contributed by atoms with E-state index < -0.39 is 67.0 Å². The topological polar surface area (TPSA) is 9.23 Å². The van der Waals surface area contributed by atoms with E-state index in [1.54, 1.807) is 0 Å². The highest BCUT2D eigenvalue weighted by Crippen LogP contribution is 2.58. The van der Waals surface area contributed by atoms with Crippen molar-refractivity contribution in [2.45, 2.75) is 60.4 Å². The van der Waals surface area contributed by atoms with Crippen molar-refractivity contribution in [2.24, 2.45) is 0 Å². The molecular weight excluding hydrogens is 528 g/mol. The highest BCUT2D eigenvalue weighted by molar-refractivity contribution is 5.11. The molecule has 1 nitrogen and oxygen atoms in total. The molecule has 0 spiro atoms. The maximum absolute atomic E-state index is 14.0. The SMILES string of the molecule is FC(F)C(F)(F)C(F)(F)C(F)(F)COC(F)(C(F)C(F)(F)F)C(F)(C(F)(F)F)C(F)(F)F. The van der Waals surface area contributed by atoms with Crippen molar-refractivity contribution in [1.82, 2.24) is 0 Å². The zero-order valence-electron chi connectivity index (χ0n) is 13.8. The molecule has 0 radical (unpaired) electrons. The molecule has 32 heavy (non-hydrogen) atoms. The molecule has 0 rings (SSSR count). The van der Waals surface area contributed by atoms with Crippen molar-refractivity contribution in [3.05, 3.63) is 0 Å². The van der Waals surface area contributed by atoms with Crippen LogP contribution in [-0.2, 0) is 4.74 Å². The van der Waals surface area contributed by atoms with Gasteiger partial charge in [-0.2, -0.15) is 65.9 Å². The van der Waals surface area contributed by atoms with Gasteiger partial charge in [0.1, 0.15) is 6.61 Å². The molecule has 0 saturated carbocycles. The van der Waals surface area contributed by atoms with Gasteiger partial charge in [-0.25, -0.2) is 22.0 Å². The third kappa shape index (κ3) is 4.62. The summed E-state index contributed by atoms with van der Waals surface area (Å²) in [6.07, 6.45) is -35.6. The minimum atomic E-state index is -8.22. The first-order valence-electron chi connectivity index (χ1n) is 6.83. The maximum atomic E-state index is 14.0. The average molecular weight is 532 g/mol. The van der Waals surface area contributed by atoms with Crippen LogP contribution in [-0.4, -0.2) is 67.0 Å². The standard InChI is InChI=1S/C11H4F20O/c12-2(7(20,21)22)6(19,8(23,10(26,27)28)11(29,30)31)32-1-4(15,16)9(24,25)5(17,18)3(13)14/h2-3H,1H2. The van der Waals surface area contributed by atoms with Gasteiger partial charge < -0.3 is 4.74 Å². The van der Waals surface area contributed by atoms with E-state index in [1.807, 2.05) is 4.74 Å². The van der Waals surface area contributed by atoms with Crippen LogP contribution in [0.1, 0.15) is 0 Å². The van der Waals surface area contributed by atoms with Crippen LogP contribution in [0.25, 0.3) is 0 Å². The predicted molar refractivity (Wildman–Crippen MR) is 57.5 cm³/mol. The van der Waals surface area contributed by atoms with Gasteiger partial charge in [-0.3, -0.25) is 0 Å². The minimum Gasteiger partial charge on any atom is -0.334 e. The largest absolute Gasteiger partial charge is 0.437 e. The molecule has 2 atom stereocenters. The fourth-order valence-corrected chi connectivity index (χ4v) is 1.77. The van der Waals surface area contributed by atoms with Gasteiger partial charge >= 0.3 is 54.2 Å². The van der Waals surface area contributed by atoms with Gasteiger partial charge in [0, 0.05) is 0 Å². The summed E-state index contributed by atoms with van der Waals surface area (Å²) in [5.41, 5.74) is -8.22. The molecular formula is C11H4F20O. The highest BCUT2D eigenvalue weighted by atomic mass is 19.4. The van der Waals surface area contributed by atoms with Gasteiger partial charge in [-0.15, -0.1) is 0 Å². The second-order valence-corrected chi connectivity index (χ2v) is 5.69. The van der Waals surface area contributed by atoms with Gasteiger partial charge in [0.15, 0.2) is 0 Å². The van der Waals surface area contributed by atoms with E-state index in [9.17, 15) is 87.8 Å². The lowest BCUT2D eigenvalue weighted by atomic mass is 9.90. The quantitative estimate of drug-likeness (QED) is 0.322. The zero-order valence-corrected chi connectivity index (χ0v) is 13.8. The zero-order chi connectivity index (χ0) is 26.6. The Hall–Kier alpha value is -1.44. The summed E-state index contributed by atoms with van der Waals surface area (Å²) in [6.45, 7) is -4.49. The van der Waals surface area contributed by atoms with E-state index in [0.717, 1.165) is 0 Å². The van der Waals surface area contributed by atoms with Gasteiger partial charge in [0.2, 0.25) is 0 Å². The Morgan fingerprint density at radius 1 is 0.562 bits per heavy atom. The van der Waals surface area contributed by atoms with Crippen LogP contribution < -0.4 is 0 Å². The number of halogens is 20. The highest BCUT2D eigenvalue weighted by Gasteiger charge is 2.89. The maximum Gasteiger partial charge on any atom is 0.437 e. The molecule has 0 aliphatic rings. The first-order valence-corrected chi connectivity index (χ1v) is 6.83. The number of hydrogen-bond acceptors (Lipinski definition) is 1. The molecule has 0 aromatic heterocycles. The van der Waals surface area contributed by atoms with E-state index in [0.29, 0.717) is 0 Å². The molecule has 0 fully saturated rings. The molecule has 0 amide bonds. The van der Waals surface area contributed by atoms with E-state index in [2.05, 4.69) is 0 Å². The number of ether oxygens (including phenoxy) is 1. The van der Waals surface area contributed by atoms with Gasteiger partial charge in [0.25, 0.3) is 6.17 Å². The Bertz CT molecular complexity index is 627. The van der Waals surface area contributed by atoms with Crippen LogP contribution in [0, 0.1) is 0 Å². The van der Waals surface area contributed by atoms with E-state index in [4.69, 9.17) is 0 Å². The van der Waals surface area contributed by atoms with Crippen LogP contribution in [0.4, 0.5) is 87.8 Å². The van der Waals surface area contributed by atoms with E-state index in [-0.39, 0.29) is 0 Å². The lowest BCUT2D eigenvalue weighted by Gasteiger charge is -2.43. The molecule has 0 heterocycles. The normalized spacial score (nSPS) is 18.7. The van der Waals surface area contributed by atoms with Crippen molar-refractivity contribution in [2.75, 3.05) is 6.61 Å². The van der Waals surface area contributed by atoms with Crippen molar-refractivity contribution in [3.8, 4) is 0 Å². The van der Waals surface area contributed by atoms with Gasteiger partial charge in [-0.05, 0) is 0 Å². The van der Waals surface area contributed by atoms with Crippen molar-refractivity contribution < 1.29 is 92.5 Å². The molecule has 2 unspecified atom stereocenters. The first kappa shape index (κ1) is 30.6. The summed E-state index contributed by atoms with van der Waals surface area (Å²) < 4.78 is 256. The van der Waals surface area contributed by atoms with Crippen LogP contribution in [0.2, 0.25) is 0 Å². The fourth-order valence-electron chi connectivity index (χ4n) is 1.77. The first-order chi connectivity index (χ1) is 13.6. The summed E-state index contributed by atoms with van der Waals surface area (Å²) in [7, 11) is 0. The third-order valence-corrected chi connectivity index (χ3v) is 3.48. The second kappa shape index (κ2) is 8.10. The molecule has 0 aliphatic heterocycles. The van der Waals surface area contributed by atoms with Crippen molar-refractivity contribution in [1.29, 1.82) is 0 Å². The molecule has 0 aromatic rings.